The second-order valence-electron chi connectivity index (χ2n) is 4.61. The van der Waals surface area contributed by atoms with Crippen LogP contribution in [0.3, 0.4) is 0 Å². The van der Waals surface area contributed by atoms with Crippen molar-refractivity contribution in [2.45, 2.75) is 13.1 Å². The van der Waals surface area contributed by atoms with Gasteiger partial charge in [0.2, 0.25) is 0 Å². The molecule has 2 aromatic rings. The van der Waals surface area contributed by atoms with E-state index >= 15 is 0 Å². The predicted octanol–water partition coefficient (Wildman–Crippen LogP) is 2.26. The van der Waals surface area contributed by atoms with Crippen molar-refractivity contribution in [1.82, 2.24) is 9.88 Å². The Kier molecular flexibility index (Phi) is 5.07. The fourth-order valence-corrected chi connectivity index (χ4v) is 2.01. The van der Waals surface area contributed by atoms with Gasteiger partial charge < -0.3 is 5.11 Å². The zero-order chi connectivity index (χ0) is 13.5. The molecule has 1 N–H and O–H groups in total. The molecule has 0 spiro atoms. The zero-order valence-electron chi connectivity index (χ0n) is 11.0. The highest BCUT2D eigenvalue weighted by atomic mass is 16.3. The Morgan fingerprint density at radius 3 is 2.42 bits per heavy atom. The first-order chi connectivity index (χ1) is 9.28. The van der Waals surface area contributed by atoms with E-state index in [2.05, 4.69) is 35.0 Å². The summed E-state index contributed by atoms with van der Waals surface area (Å²) in [6.45, 7) is 6.30. The summed E-state index contributed by atoms with van der Waals surface area (Å²) in [6.07, 6.45) is 3.64. The number of nitrogens with zero attached hydrogens (tertiary/aromatic N) is 2. The van der Waals surface area contributed by atoms with E-state index in [0.717, 1.165) is 24.2 Å². The maximum absolute atomic E-state index is 9.17. The lowest BCUT2D eigenvalue weighted by molar-refractivity contribution is 0.184. The van der Waals surface area contributed by atoms with Gasteiger partial charge in [0.25, 0.3) is 0 Å². The van der Waals surface area contributed by atoms with Crippen molar-refractivity contribution in [3.8, 4) is 0 Å². The third-order valence-electron chi connectivity index (χ3n) is 2.97. The Morgan fingerprint density at radius 2 is 1.79 bits per heavy atom. The van der Waals surface area contributed by atoms with E-state index in [1.807, 2.05) is 24.4 Å². The molecule has 99 valence electrons. The summed E-state index contributed by atoms with van der Waals surface area (Å²) < 4.78 is 0. The van der Waals surface area contributed by atoms with Crippen molar-refractivity contribution in [3.63, 3.8) is 0 Å². The van der Waals surface area contributed by atoms with E-state index < -0.39 is 0 Å². The first-order valence-electron chi connectivity index (χ1n) is 6.41. The van der Waals surface area contributed by atoms with Crippen LogP contribution in [0.2, 0.25) is 0 Å². The van der Waals surface area contributed by atoms with Gasteiger partial charge in [0.1, 0.15) is 0 Å². The molecule has 0 aliphatic carbocycles. The topological polar surface area (TPSA) is 36.4 Å². The molecule has 3 heteroatoms. The van der Waals surface area contributed by atoms with Gasteiger partial charge in [-0.1, -0.05) is 30.3 Å². The summed E-state index contributed by atoms with van der Waals surface area (Å²) >= 11 is 0. The van der Waals surface area contributed by atoms with Crippen LogP contribution in [0.25, 0.3) is 0 Å². The largest absolute Gasteiger partial charge is 0.395 e. The summed E-state index contributed by atoms with van der Waals surface area (Å²) in [7, 11) is 0. The van der Waals surface area contributed by atoms with Crippen LogP contribution in [0, 0.1) is 6.92 Å². The molecule has 0 aliphatic heterocycles. The highest BCUT2D eigenvalue weighted by molar-refractivity contribution is 5.24. The van der Waals surface area contributed by atoms with E-state index in [4.69, 9.17) is 5.11 Å². The van der Waals surface area contributed by atoms with Gasteiger partial charge in [0, 0.05) is 32.0 Å². The normalized spacial score (nSPS) is 10.9. The van der Waals surface area contributed by atoms with Crippen molar-refractivity contribution >= 4 is 0 Å². The molecule has 1 radical (unpaired) electrons. The maximum Gasteiger partial charge on any atom is 0.0558 e. The maximum atomic E-state index is 9.17. The summed E-state index contributed by atoms with van der Waals surface area (Å²) in [5, 5.41) is 9.17. The lowest BCUT2D eigenvalue weighted by Crippen LogP contribution is -2.26. The number of aliphatic hydroxyl groups is 1. The quantitative estimate of drug-likeness (QED) is 0.860. The first-order valence-corrected chi connectivity index (χ1v) is 6.41. The second-order valence-corrected chi connectivity index (χ2v) is 4.61. The molecule has 2 rings (SSSR count). The third kappa shape index (κ3) is 4.47. The standard InChI is InChI=1S/C16H19N2O/c1-14-4-6-15(7-5-14)12-18(9-10-19)13-16-3-2-8-17-11-16/h2-8,11,19H,1,9-10,12-13H2. The smallest absolute Gasteiger partial charge is 0.0558 e. The molecule has 19 heavy (non-hydrogen) atoms. The van der Waals surface area contributed by atoms with Gasteiger partial charge in [-0.15, -0.1) is 0 Å². The molecular formula is C16H19N2O. The van der Waals surface area contributed by atoms with Crippen molar-refractivity contribution in [3.05, 3.63) is 72.4 Å². The van der Waals surface area contributed by atoms with Crippen molar-refractivity contribution < 1.29 is 5.11 Å². The molecule has 0 atom stereocenters. The highest BCUT2D eigenvalue weighted by Crippen LogP contribution is 2.10. The molecule has 0 saturated carbocycles. The number of hydrogen-bond acceptors (Lipinski definition) is 3. The minimum absolute atomic E-state index is 0.160. The van der Waals surface area contributed by atoms with E-state index in [9.17, 15) is 0 Å². The number of pyridine rings is 1. The molecular weight excluding hydrogens is 236 g/mol. The van der Waals surface area contributed by atoms with Crippen LogP contribution in [-0.4, -0.2) is 28.1 Å². The predicted molar refractivity (Wildman–Crippen MR) is 76.3 cm³/mol. The summed E-state index contributed by atoms with van der Waals surface area (Å²) in [5.74, 6) is 0. The number of aromatic nitrogens is 1. The molecule has 0 saturated heterocycles. The average molecular weight is 255 g/mol. The lowest BCUT2D eigenvalue weighted by Gasteiger charge is -2.21. The first kappa shape index (κ1) is 13.7. The summed E-state index contributed by atoms with van der Waals surface area (Å²) in [4.78, 5) is 6.32. The van der Waals surface area contributed by atoms with Crippen LogP contribution in [0.15, 0.2) is 48.8 Å². The molecule has 1 aromatic heterocycles. The number of benzene rings is 1. The monoisotopic (exact) mass is 255 g/mol. The highest BCUT2D eigenvalue weighted by Gasteiger charge is 2.06. The van der Waals surface area contributed by atoms with E-state index in [0.29, 0.717) is 6.54 Å². The van der Waals surface area contributed by atoms with Crippen LogP contribution in [0.4, 0.5) is 0 Å². The molecule has 0 aliphatic rings. The molecule has 3 nitrogen and oxygen atoms in total. The fraction of sp³-hybridized carbons (Fsp3) is 0.250. The van der Waals surface area contributed by atoms with Gasteiger partial charge in [-0.25, -0.2) is 0 Å². The van der Waals surface area contributed by atoms with Crippen LogP contribution in [-0.2, 0) is 13.1 Å². The fourth-order valence-electron chi connectivity index (χ4n) is 2.01. The van der Waals surface area contributed by atoms with Crippen LogP contribution >= 0.6 is 0 Å². The second kappa shape index (κ2) is 7.02. The molecule has 0 amide bonds. The minimum atomic E-state index is 0.160. The minimum Gasteiger partial charge on any atom is -0.395 e. The number of aliphatic hydroxyl groups excluding tert-OH is 1. The zero-order valence-corrected chi connectivity index (χ0v) is 11.0. The lowest BCUT2D eigenvalue weighted by atomic mass is 10.1. The Hall–Kier alpha value is -1.71. The van der Waals surface area contributed by atoms with Gasteiger partial charge in [0.15, 0.2) is 0 Å². The van der Waals surface area contributed by atoms with Crippen molar-refractivity contribution in [2.24, 2.45) is 0 Å². The summed E-state index contributed by atoms with van der Waals surface area (Å²) in [5.41, 5.74) is 3.40. The Morgan fingerprint density at radius 1 is 1.05 bits per heavy atom. The summed E-state index contributed by atoms with van der Waals surface area (Å²) in [6, 6.07) is 12.2. The molecule has 0 bridgehead atoms. The Labute approximate surface area is 114 Å². The number of hydrogen-bond donors (Lipinski definition) is 1. The Bertz CT molecular complexity index is 482. The van der Waals surface area contributed by atoms with Gasteiger partial charge >= 0.3 is 0 Å². The van der Waals surface area contributed by atoms with Crippen LogP contribution in [0.1, 0.15) is 16.7 Å². The van der Waals surface area contributed by atoms with Gasteiger partial charge in [-0.3, -0.25) is 9.88 Å². The van der Waals surface area contributed by atoms with E-state index in [1.54, 1.807) is 6.20 Å². The van der Waals surface area contributed by atoms with Crippen LogP contribution in [0.5, 0.6) is 0 Å². The molecule has 1 aromatic carbocycles. The molecule has 1 heterocycles. The number of rotatable bonds is 6. The average Bonchev–Trinajstić information content (AvgIpc) is 2.43. The Balaban J connectivity index is 2.01. The molecule has 0 fully saturated rings. The van der Waals surface area contributed by atoms with Gasteiger partial charge in [0.05, 0.1) is 6.61 Å². The van der Waals surface area contributed by atoms with Gasteiger partial charge in [-0.05, 0) is 29.7 Å². The third-order valence-corrected chi connectivity index (χ3v) is 2.97. The molecule has 0 unspecified atom stereocenters. The van der Waals surface area contributed by atoms with Crippen molar-refractivity contribution in [2.75, 3.05) is 13.2 Å². The van der Waals surface area contributed by atoms with Gasteiger partial charge in [-0.2, -0.15) is 0 Å². The van der Waals surface area contributed by atoms with Crippen LogP contribution < -0.4 is 0 Å². The van der Waals surface area contributed by atoms with E-state index in [-0.39, 0.29) is 6.61 Å². The van der Waals surface area contributed by atoms with Crippen molar-refractivity contribution in [1.29, 1.82) is 0 Å². The SMILES string of the molecule is [CH2]c1ccc(CN(CCO)Cc2cccnc2)cc1. The van der Waals surface area contributed by atoms with E-state index in [1.165, 1.54) is 5.56 Å².